The molecule has 1 aromatic rings. The second kappa shape index (κ2) is 4.41. The highest BCUT2D eigenvalue weighted by Gasteiger charge is 2.08. The van der Waals surface area contributed by atoms with Crippen LogP contribution in [0.25, 0.3) is 0 Å². The molecule has 0 atom stereocenters. The summed E-state index contributed by atoms with van der Waals surface area (Å²) in [6.45, 7) is 0.439. The van der Waals surface area contributed by atoms with Crippen molar-refractivity contribution >= 4 is 11.9 Å². The molecule has 0 aromatic carbocycles. The smallest absolute Gasteiger partial charge is 0.288 e. The van der Waals surface area contributed by atoms with E-state index in [4.69, 9.17) is 10.8 Å². The van der Waals surface area contributed by atoms with E-state index >= 15 is 0 Å². The lowest BCUT2D eigenvalue weighted by molar-refractivity contribution is 0.0941. The van der Waals surface area contributed by atoms with Crippen LogP contribution in [0.5, 0.6) is 0 Å². The van der Waals surface area contributed by atoms with Crippen molar-refractivity contribution in [2.75, 3.05) is 18.9 Å². The third kappa shape index (κ3) is 2.71. The van der Waals surface area contributed by atoms with Crippen LogP contribution in [0.1, 0.15) is 17.0 Å². The first kappa shape index (κ1) is 9.46. The average Bonchev–Trinajstić information content (AvgIpc) is 2.52. The molecule has 0 saturated heterocycles. The topological polar surface area (TPSA) is 117 Å². The number of rotatable bonds is 4. The van der Waals surface area contributed by atoms with Gasteiger partial charge in [-0.05, 0) is 6.42 Å². The number of nitrogens with one attached hydrogen (secondary N) is 2. The zero-order valence-electron chi connectivity index (χ0n) is 6.95. The third-order valence-electron chi connectivity index (χ3n) is 1.34. The molecule has 0 aliphatic rings. The Morgan fingerprint density at radius 1 is 1.69 bits per heavy atom. The first-order chi connectivity index (χ1) is 6.24. The van der Waals surface area contributed by atoms with Gasteiger partial charge in [-0.2, -0.15) is 4.98 Å². The summed E-state index contributed by atoms with van der Waals surface area (Å²) < 4.78 is 0. The quantitative estimate of drug-likeness (QED) is 0.426. The number of aliphatic hydroxyl groups excluding tert-OH is 1. The van der Waals surface area contributed by atoms with Gasteiger partial charge in [0.15, 0.2) is 0 Å². The molecule has 0 aliphatic heterocycles. The van der Waals surface area contributed by atoms with Gasteiger partial charge in [0.1, 0.15) is 0 Å². The van der Waals surface area contributed by atoms with E-state index < -0.39 is 0 Å². The summed E-state index contributed by atoms with van der Waals surface area (Å²) in [5.41, 5.74) is 5.20. The van der Waals surface area contributed by atoms with Crippen LogP contribution < -0.4 is 11.1 Å². The number of aromatic amines is 1. The zero-order valence-corrected chi connectivity index (χ0v) is 6.95. The van der Waals surface area contributed by atoms with E-state index in [-0.39, 0.29) is 24.3 Å². The fraction of sp³-hybridized carbons (Fsp3) is 0.500. The molecule has 0 bridgehead atoms. The van der Waals surface area contributed by atoms with Crippen molar-refractivity contribution in [2.24, 2.45) is 0 Å². The molecule has 72 valence electrons. The molecule has 13 heavy (non-hydrogen) atoms. The molecule has 0 unspecified atom stereocenters. The van der Waals surface area contributed by atoms with Crippen molar-refractivity contribution in [3.8, 4) is 0 Å². The highest BCUT2D eigenvalue weighted by atomic mass is 16.3. The van der Waals surface area contributed by atoms with Crippen molar-refractivity contribution in [3.05, 3.63) is 5.82 Å². The number of hydrogen-bond acceptors (Lipinski definition) is 5. The number of H-pyrrole nitrogens is 1. The number of amides is 1. The minimum Gasteiger partial charge on any atom is -0.396 e. The van der Waals surface area contributed by atoms with Crippen molar-refractivity contribution in [1.82, 2.24) is 20.5 Å². The number of aliphatic hydroxyl groups is 1. The van der Waals surface area contributed by atoms with Crippen molar-refractivity contribution in [1.29, 1.82) is 0 Å². The molecule has 1 amide bonds. The number of aromatic nitrogens is 3. The lowest BCUT2D eigenvalue weighted by Crippen LogP contribution is -2.26. The van der Waals surface area contributed by atoms with E-state index in [2.05, 4.69) is 20.5 Å². The average molecular weight is 185 g/mol. The SMILES string of the molecule is Nc1n[nH]c(C(=O)NCCCO)n1. The Morgan fingerprint density at radius 2 is 2.46 bits per heavy atom. The fourth-order valence-corrected chi connectivity index (χ4v) is 0.741. The second-order valence-electron chi connectivity index (χ2n) is 2.38. The molecule has 1 rings (SSSR count). The number of nitrogen functional groups attached to an aromatic ring is 1. The molecule has 0 fully saturated rings. The molecule has 0 aliphatic carbocycles. The van der Waals surface area contributed by atoms with Gasteiger partial charge in [0.25, 0.3) is 5.91 Å². The fourth-order valence-electron chi connectivity index (χ4n) is 0.741. The van der Waals surface area contributed by atoms with Crippen LogP contribution in [-0.2, 0) is 0 Å². The third-order valence-corrected chi connectivity index (χ3v) is 1.34. The van der Waals surface area contributed by atoms with Crippen LogP contribution in [0, 0.1) is 0 Å². The standard InChI is InChI=1S/C6H11N5O2/c7-6-9-4(10-11-6)5(13)8-2-1-3-12/h12H,1-3H2,(H,8,13)(H3,7,9,10,11). The van der Waals surface area contributed by atoms with Crippen molar-refractivity contribution in [3.63, 3.8) is 0 Å². The predicted molar refractivity (Wildman–Crippen MR) is 44.8 cm³/mol. The molecule has 5 N–H and O–H groups in total. The molecule has 0 spiro atoms. The van der Waals surface area contributed by atoms with Crippen LogP contribution in [0.3, 0.4) is 0 Å². The molecule has 0 radical (unpaired) electrons. The molecule has 7 nitrogen and oxygen atoms in total. The highest BCUT2D eigenvalue weighted by Crippen LogP contribution is 1.91. The Bertz CT molecular complexity index is 284. The summed E-state index contributed by atoms with van der Waals surface area (Å²) >= 11 is 0. The number of hydrogen-bond donors (Lipinski definition) is 4. The van der Waals surface area contributed by atoms with E-state index in [1.54, 1.807) is 0 Å². The Kier molecular flexibility index (Phi) is 3.21. The maximum absolute atomic E-state index is 11.2. The Hall–Kier alpha value is -1.63. The van der Waals surface area contributed by atoms with E-state index in [1.165, 1.54) is 0 Å². The Balaban J connectivity index is 2.40. The monoisotopic (exact) mass is 185 g/mol. The second-order valence-corrected chi connectivity index (χ2v) is 2.38. The van der Waals surface area contributed by atoms with Gasteiger partial charge >= 0.3 is 0 Å². The van der Waals surface area contributed by atoms with Crippen LogP contribution >= 0.6 is 0 Å². The maximum atomic E-state index is 11.2. The van der Waals surface area contributed by atoms with Gasteiger partial charge in [-0.3, -0.25) is 9.89 Å². The lowest BCUT2D eigenvalue weighted by atomic mass is 10.4. The summed E-state index contributed by atoms with van der Waals surface area (Å²) in [5.74, 6) is -0.264. The number of carbonyl (C=O) groups excluding carboxylic acids is 1. The normalized spacial score (nSPS) is 9.92. The number of anilines is 1. The zero-order chi connectivity index (χ0) is 9.68. The Labute approximate surface area is 74.4 Å². The molecule has 0 saturated carbocycles. The van der Waals surface area contributed by atoms with E-state index in [1.807, 2.05) is 0 Å². The van der Waals surface area contributed by atoms with Crippen molar-refractivity contribution < 1.29 is 9.90 Å². The Morgan fingerprint density at radius 3 is 3.00 bits per heavy atom. The van der Waals surface area contributed by atoms with Crippen LogP contribution in [0.2, 0.25) is 0 Å². The van der Waals surface area contributed by atoms with Gasteiger partial charge in [-0.25, -0.2) is 0 Å². The molecule has 7 heteroatoms. The van der Waals surface area contributed by atoms with E-state index in [0.29, 0.717) is 13.0 Å². The summed E-state index contributed by atoms with van der Waals surface area (Å²) in [5, 5.41) is 16.8. The minimum absolute atomic E-state index is 0.0345. The van der Waals surface area contributed by atoms with Gasteiger partial charge in [0.2, 0.25) is 11.8 Å². The van der Waals surface area contributed by atoms with Crippen LogP contribution in [0.4, 0.5) is 5.95 Å². The number of nitrogens with two attached hydrogens (primary N) is 1. The summed E-state index contributed by atoms with van der Waals surface area (Å²) in [4.78, 5) is 14.8. The minimum atomic E-state index is -0.377. The predicted octanol–water partition coefficient (Wildman–Crippen LogP) is -1.50. The van der Waals surface area contributed by atoms with Crippen LogP contribution in [0.15, 0.2) is 0 Å². The van der Waals surface area contributed by atoms with Gasteiger partial charge in [0, 0.05) is 13.2 Å². The first-order valence-corrected chi connectivity index (χ1v) is 3.81. The number of nitrogens with zero attached hydrogens (tertiary/aromatic N) is 2. The van der Waals surface area contributed by atoms with Crippen LogP contribution in [-0.4, -0.2) is 39.3 Å². The summed E-state index contributed by atoms with van der Waals surface area (Å²) in [6, 6.07) is 0. The van der Waals surface area contributed by atoms with Crippen molar-refractivity contribution in [2.45, 2.75) is 6.42 Å². The molecular formula is C6H11N5O2. The highest BCUT2D eigenvalue weighted by molar-refractivity contribution is 5.90. The number of carbonyl (C=O) groups is 1. The van der Waals surface area contributed by atoms with Gasteiger partial charge in [0.05, 0.1) is 0 Å². The largest absolute Gasteiger partial charge is 0.396 e. The van der Waals surface area contributed by atoms with Gasteiger partial charge in [-0.15, -0.1) is 5.10 Å². The van der Waals surface area contributed by atoms with Gasteiger partial charge in [-0.1, -0.05) is 0 Å². The molecule has 1 aromatic heterocycles. The molecule has 1 heterocycles. The van der Waals surface area contributed by atoms with E-state index in [0.717, 1.165) is 0 Å². The maximum Gasteiger partial charge on any atom is 0.288 e. The summed E-state index contributed by atoms with van der Waals surface area (Å²) in [7, 11) is 0. The molecular weight excluding hydrogens is 174 g/mol. The van der Waals surface area contributed by atoms with Gasteiger partial charge < -0.3 is 16.2 Å². The van der Waals surface area contributed by atoms with E-state index in [9.17, 15) is 4.79 Å². The first-order valence-electron chi connectivity index (χ1n) is 3.81. The lowest BCUT2D eigenvalue weighted by Gasteiger charge is -1.99. The summed E-state index contributed by atoms with van der Waals surface area (Å²) in [6.07, 6.45) is 0.509.